The minimum Gasteiger partial charge on any atom is -0.379 e. The predicted molar refractivity (Wildman–Crippen MR) is 139 cm³/mol. The van der Waals surface area contributed by atoms with Gasteiger partial charge >= 0.3 is 0 Å². The Bertz CT molecular complexity index is 779. The smallest absolute Gasteiger partial charge is 0.0756 e. The van der Waals surface area contributed by atoms with E-state index in [1.165, 1.54) is 56.1 Å². The van der Waals surface area contributed by atoms with Crippen molar-refractivity contribution in [2.45, 2.75) is 71.6 Å². The lowest BCUT2D eigenvalue weighted by Gasteiger charge is -2.34. The first-order valence-electron chi connectivity index (χ1n) is 12.4. The van der Waals surface area contributed by atoms with Gasteiger partial charge in [-0.1, -0.05) is 75.9 Å². The van der Waals surface area contributed by atoms with Crippen LogP contribution in [0.5, 0.6) is 0 Å². The second-order valence-corrected chi connectivity index (χ2v) is 10.3. The molecule has 170 valence electrons. The topological polar surface area (TPSA) is 24.1 Å². The minimum absolute atomic E-state index is 0.360. The van der Waals surface area contributed by atoms with Gasteiger partial charge < -0.3 is 10.6 Å². The molecule has 1 fully saturated rings. The van der Waals surface area contributed by atoms with Gasteiger partial charge in [0, 0.05) is 18.4 Å². The zero-order valence-corrected chi connectivity index (χ0v) is 20.8. The van der Waals surface area contributed by atoms with Gasteiger partial charge in [-0.05, 0) is 86.2 Å². The fraction of sp³-hybridized carbons (Fsp3) is 0.607. The average Bonchev–Trinajstić information content (AvgIpc) is 3.43. The summed E-state index contributed by atoms with van der Waals surface area (Å²) in [5.74, 6) is 1.37. The fourth-order valence-electron chi connectivity index (χ4n) is 5.51. The number of allylic oxidation sites excluding steroid dienone is 9. The van der Waals surface area contributed by atoms with Crippen molar-refractivity contribution in [3.05, 3.63) is 59.3 Å². The molecule has 0 saturated heterocycles. The molecule has 0 spiro atoms. The highest BCUT2D eigenvalue weighted by molar-refractivity contribution is 7.80. The lowest BCUT2D eigenvalue weighted by Crippen LogP contribution is -2.31. The van der Waals surface area contributed by atoms with Crippen molar-refractivity contribution in [2.75, 3.05) is 20.1 Å². The molecule has 0 bridgehead atoms. The van der Waals surface area contributed by atoms with Crippen molar-refractivity contribution in [1.29, 1.82) is 0 Å². The van der Waals surface area contributed by atoms with Crippen LogP contribution in [-0.2, 0) is 0 Å². The molecule has 0 heterocycles. The number of hydrogen-bond acceptors (Lipinski definition) is 2. The van der Waals surface area contributed by atoms with Gasteiger partial charge in [0.2, 0.25) is 0 Å². The third-order valence-electron chi connectivity index (χ3n) is 7.56. The van der Waals surface area contributed by atoms with Gasteiger partial charge in [0.1, 0.15) is 0 Å². The third-order valence-corrected chi connectivity index (χ3v) is 7.91. The maximum atomic E-state index is 5.57. The van der Waals surface area contributed by atoms with E-state index in [9.17, 15) is 0 Å². The summed E-state index contributed by atoms with van der Waals surface area (Å²) in [5, 5.41) is 6.64. The molecule has 3 heteroatoms. The molecule has 0 aromatic heterocycles. The highest BCUT2D eigenvalue weighted by atomic mass is 32.1. The Morgan fingerprint density at radius 3 is 2.65 bits per heavy atom. The van der Waals surface area contributed by atoms with Crippen molar-refractivity contribution in [3.8, 4) is 0 Å². The quantitative estimate of drug-likeness (QED) is 0.273. The lowest BCUT2D eigenvalue weighted by molar-refractivity contribution is 0.362. The first-order valence-corrected chi connectivity index (χ1v) is 12.8. The van der Waals surface area contributed by atoms with Crippen LogP contribution < -0.4 is 10.6 Å². The molecule has 2 nitrogen and oxygen atoms in total. The van der Waals surface area contributed by atoms with E-state index in [2.05, 4.69) is 55.4 Å². The summed E-state index contributed by atoms with van der Waals surface area (Å²) in [5.41, 5.74) is 6.33. The van der Waals surface area contributed by atoms with Crippen LogP contribution in [0, 0.1) is 17.3 Å². The van der Waals surface area contributed by atoms with Gasteiger partial charge in [-0.2, -0.15) is 0 Å². The standard InChI is InChI=1S/C28H42N2S/c1-5-22(11-12-27(31)30-20-21(3)19-29-4)17-23-13-15-28(6-2)16-14-25(26(28)18-23)24-9-7-8-10-24/h5,13-14,17-18,21,24,29H,1,6-12,15-16,19-20H2,2-4H3,(H,30,31)/b22-17+. The van der Waals surface area contributed by atoms with Crippen LogP contribution in [-0.4, -0.2) is 25.1 Å². The molecule has 0 amide bonds. The van der Waals surface area contributed by atoms with E-state index in [1.54, 1.807) is 11.1 Å². The van der Waals surface area contributed by atoms with Crippen LogP contribution >= 0.6 is 12.2 Å². The van der Waals surface area contributed by atoms with Gasteiger partial charge in [0.15, 0.2) is 0 Å². The van der Waals surface area contributed by atoms with Crippen LogP contribution in [0.2, 0.25) is 0 Å². The molecule has 0 aliphatic heterocycles. The van der Waals surface area contributed by atoms with Gasteiger partial charge in [0.25, 0.3) is 0 Å². The van der Waals surface area contributed by atoms with Crippen molar-refractivity contribution < 1.29 is 0 Å². The third kappa shape index (κ3) is 6.08. The summed E-state index contributed by atoms with van der Waals surface area (Å²) in [7, 11) is 1.99. The van der Waals surface area contributed by atoms with Crippen molar-refractivity contribution in [2.24, 2.45) is 17.3 Å². The van der Waals surface area contributed by atoms with Crippen molar-refractivity contribution >= 4 is 17.2 Å². The number of thiocarbonyl (C=S) groups is 1. The summed E-state index contributed by atoms with van der Waals surface area (Å²) < 4.78 is 0. The highest BCUT2D eigenvalue weighted by Gasteiger charge is 2.41. The Labute approximate surface area is 196 Å². The van der Waals surface area contributed by atoms with E-state index in [-0.39, 0.29) is 0 Å². The van der Waals surface area contributed by atoms with E-state index in [1.807, 2.05) is 13.1 Å². The summed E-state index contributed by atoms with van der Waals surface area (Å²) in [6.45, 7) is 10.6. The van der Waals surface area contributed by atoms with Crippen molar-refractivity contribution in [3.63, 3.8) is 0 Å². The zero-order chi connectivity index (χ0) is 22.3. The number of hydrogen-bond donors (Lipinski definition) is 2. The maximum absolute atomic E-state index is 5.57. The summed E-state index contributed by atoms with van der Waals surface area (Å²) in [6, 6.07) is 0. The summed E-state index contributed by atoms with van der Waals surface area (Å²) in [4.78, 5) is 0.957. The summed E-state index contributed by atoms with van der Waals surface area (Å²) in [6.07, 6.45) is 22.9. The molecule has 3 aliphatic carbocycles. The molecule has 1 saturated carbocycles. The zero-order valence-electron chi connectivity index (χ0n) is 19.9. The second-order valence-electron chi connectivity index (χ2n) is 9.84. The van der Waals surface area contributed by atoms with Crippen molar-refractivity contribution in [1.82, 2.24) is 10.6 Å². The Hall–Kier alpha value is -1.45. The summed E-state index contributed by atoms with van der Waals surface area (Å²) >= 11 is 5.57. The van der Waals surface area contributed by atoms with E-state index in [0.717, 1.165) is 36.8 Å². The minimum atomic E-state index is 0.360. The van der Waals surface area contributed by atoms with Crippen LogP contribution in [0.4, 0.5) is 0 Å². The van der Waals surface area contributed by atoms with Crippen LogP contribution in [0.1, 0.15) is 71.6 Å². The Balaban J connectivity index is 1.63. The van der Waals surface area contributed by atoms with Crippen LogP contribution in [0.25, 0.3) is 0 Å². The highest BCUT2D eigenvalue weighted by Crippen LogP contribution is 2.54. The number of rotatable bonds is 11. The normalized spacial score (nSPS) is 24.9. The molecule has 0 aromatic carbocycles. The molecule has 2 N–H and O–H groups in total. The lowest BCUT2D eigenvalue weighted by atomic mass is 9.70. The predicted octanol–water partition coefficient (Wildman–Crippen LogP) is 6.82. The maximum Gasteiger partial charge on any atom is 0.0756 e. The molecule has 0 aromatic rings. The molecular weight excluding hydrogens is 396 g/mol. The fourth-order valence-corrected chi connectivity index (χ4v) is 5.69. The van der Waals surface area contributed by atoms with E-state index >= 15 is 0 Å². The number of fused-ring (bicyclic) bond motifs is 1. The molecule has 31 heavy (non-hydrogen) atoms. The van der Waals surface area contributed by atoms with E-state index in [4.69, 9.17) is 12.2 Å². The van der Waals surface area contributed by atoms with Gasteiger partial charge in [0.05, 0.1) is 4.99 Å². The largest absolute Gasteiger partial charge is 0.379 e. The second kappa shape index (κ2) is 11.4. The van der Waals surface area contributed by atoms with Gasteiger partial charge in [-0.3, -0.25) is 0 Å². The monoisotopic (exact) mass is 438 g/mol. The first kappa shape index (κ1) is 24.2. The van der Waals surface area contributed by atoms with E-state index in [0.29, 0.717) is 11.3 Å². The SMILES string of the molecule is C=C/C(=C\C1=CCC2(CC)CC=C(C3CCCC3)C2=C1)CCC(=S)NCC(C)CNC. The molecular formula is C28H42N2S. The van der Waals surface area contributed by atoms with Gasteiger partial charge in [-0.15, -0.1) is 0 Å². The average molecular weight is 439 g/mol. The van der Waals surface area contributed by atoms with Crippen LogP contribution in [0.15, 0.2) is 59.3 Å². The van der Waals surface area contributed by atoms with E-state index < -0.39 is 0 Å². The molecule has 2 atom stereocenters. The molecule has 2 unspecified atom stereocenters. The Kier molecular flexibility index (Phi) is 8.92. The Morgan fingerprint density at radius 2 is 1.97 bits per heavy atom. The van der Waals surface area contributed by atoms with Crippen LogP contribution in [0.3, 0.4) is 0 Å². The molecule has 3 aliphatic rings. The first-order chi connectivity index (χ1) is 15.0. The molecule has 0 radical (unpaired) electrons. The number of nitrogens with one attached hydrogen (secondary N) is 2. The van der Waals surface area contributed by atoms with Gasteiger partial charge in [-0.25, -0.2) is 0 Å². The molecule has 3 rings (SSSR count). The Morgan fingerprint density at radius 1 is 1.23 bits per heavy atom.